The molecule has 0 saturated heterocycles. The lowest BCUT2D eigenvalue weighted by molar-refractivity contribution is -0.137. The van der Waals surface area contributed by atoms with E-state index in [4.69, 9.17) is 16.7 Å². The predicted molar refractivity (Wildman–Crippen MR) is 86.0 cm³/mol. The van der Waals surface area contributed by atoms with Gasteiger partial charge in [0.2, 0.25) is 0 Å². The molecule has 1 aromatic carbocycles. The fourth-order valence-electron chi connectivity index (χ4n) is 1.97. The molecule has 4 nitrogen and oxygen atoms in total. The molecule has 2 rings (SSSR count). The number of hydrogen-bond donors (Lipinski definition) is 3. The maximum atomic E-state index is 10.0. The highest BCUT2D eigenvalue weighted by molar-refractivity contribution is 6.32. The molecule has 21 heavy (non-hydrogen) atoms. The molecular weight excluding hydrogens is 290 g/mol. The Hall–Kier alpha value is -1.68. The van der Waals surface area contributed by atoms with E-state index in [-0.39, 0.29) is 5.75 Å². The molecule has 2 aromatic rings. The summed E-state index contributed by atoms with van der Waals surface area (Å²) >= 11 is 5.65. The average molecular weight is 312 g/mol. The summed E-state index contributed by atoms with van der Waals surface area (Å²) in [5, 5.41) is 18.7. The lowest BCUT2D eigenvalue weighted by Crippen LogP contribution is -1.93. The number of rotatable bonds is 6. The van der Waals surface area contributed by atoms with Crippen LogP contribution in [0, 0.1) is 0 Å². The van der Waals surface area contributed by atoms with E-state index in [1.807, 2.05) is 24.3 Å². The third-order valence-electron chi connectivity index (χ3n) is 3.13. The molecule has 3 N–H and O–H groups in total. The Labute approximate surface area is 129 Å². The van der Waals surface area contributed by atoms with Gasteiger partial charge >= 0.3 is 5.97 Å². The van der Waals surface area contributed by atoms with Gasteiger partial charge in [0.25, 0.3) is 0 Å². The summed E-state index contributed by atoms with van der Waals surface area (Å²) in [6, 6.07) is 7.41. The van der Waals surface area contributed by atoms with Gasteiger partial charge in [-0.3, -0.25) is 4.79 Å². The van der Waals surface area contributed by atoms with Crippen molar-refractivity contribution in [2.75, 3.05) is 0 Å². The van der Waals surface area contributed by atoms with Crippen LogP contribution in [0.3, 0.4) is 0 Å². The maximum Gasteiger partial charge on any atom is 0.303 e. The topological polar surface area (TPSA) is 73.3 Å². The van der Waals surface area contributed by atoms with E-state index >= 15 is 0 Å². The van der Waals surface area contributed by atoms with Crippen LogP contribution in [0.2, 0.25) is 5.15 Å². The molecule has 0 aliphatic carbocycles. The number of carboxylic acid groups (broad SMARTS) is 1. The Morgan fingerprint density at radius 1 is 1.19 bits per heavy atom. The molecule has 0 aliphatic heterocycles. The van der Waals surface area contributed by atoms with Crippen LogP contribution in [-0.2, 0) is 4.79 Å². The molecule has 0 aliphatic rings. The first-order valence-electron chi connectivity index (χ1n) is 7.23. The van der Waals surface area contributed by atoms with Crippen LogP contribution in [0.1, 0.15) is 45.4 Å². The van der Waals surface area contributed by atoms with Gasteiger partial charge in [0, 0.05) is 11.8 Å². The SMILES string of the molecule is CCCCCCCC(=O)O.Oc1c(Cl)[nH]c2ccccc12. The summed E-state index contributed by atoms with van der Waals surface area (Å²) < 4.78 is 0. The van der Waals surface area contributed by atoms with Gasteiger partial charge in [-0.15, -0.1) is 0 Å². The molecule has 0 atom stereocenters. The number of benzene rings is 1. The van der Waals surface area contributed by atoms with Crippen molar-refractivity contribution < 1.29 is 15.0 Å². The Bertz CT molecular complexity index is 566. The monoisotopic (exact) mass is 311 g/mol. The third kappa shape index (κ3) is 6.08. The van der Waals surface area contributed by atoms with Crippen LogP contribution < -0.4 is 0 Å². The number of halogens is 1. The number of H-pyrrole nitrogens is 1. The number of nitrogens with one attached hydrogen (secondary N) is 1. The third-order valence-corrected chi connectivity index (χ3v) is 3.40. The van der Waals surface area contributed by atoms with Gasteiger partial charge in [0.15, 0.2) is 5.75 Å². The van der Waals surface area contributed by atoms with E-state index < -0.39 is 5.97 Å². The fraction of sp³-hybridized carbons (Fsp3) is 0.438. The Morgan fingerprint density at radius 2 is 1.86 bits per heavy atom. The lowest BCUT2D eigenvalue weighted by atomic mass is 10.1. The molecular formula is C16H22ClNO3. The highest BCUT2D eigenvalue weighted by Crippen LogP contribution is 2.31. The van der Waals surface area contributed by atoms with Gasteiger partial charge < -0.3 is 15.2 Å². The summed E-state index contributed by atoms with van der Waals surface area (Å²) in [5.41, 5.74) is 0.856. The van der Waals surface area contributed by atoms with Gasteiger partial charge in [0.05, 0.1) is 5.52 Å². The number of aliphatic carboxylic acids is 1. The normalized spacial score (nSPS) is 10.2. The number of aromatic nitrogens is 1. The summed E-state index contributed by atoms with van der Waals surface area (Å²) in [5.74, 6) is -0.543. The second kappa shape index (κ2) is 9.29. The Morgan fingerprint density at radius 3 is 2.48 bits per heavy atom. The van der Waals surface area contributed by atoms with E-state index in [9.17, 15) is 9.90 Å². The van der Waals surface area contributed by atoms with E-state index in [0.717, 1.165) is 23.7 Å². The second-order valence-corrected chi connectivity index (χ2v) is 5.27. The van der Waals surface area contributed by atoms with E-state index in [1.54, 1.807) is 0 Å². The van der Waals surface area contributed by atoms with Gasteiger partial charge in [-0.05, 0) is 18.6 Å². The fourth-order valence-corrected chi connectivity index (χ4v) is 2.18. The Kier molecular flexibility index (Phi) is 7.69. The van der Waals surface area contributed by atoms with Crippen molar-refractivity contribution in [2.45, 2.75) is 45.4 Å². The number of aromatic amines is 1. The number of unbranched alkanes of at least 4 members (excludes halogenated alkanes) is 4. The standard InChI is InChI=1S/C8H6ClNO.C8H16O2/c9-8-7(11)5-3-1-2-4-6(5)10-8;1-2-3-4-5-6-7-8(9)10/h1-4,10-11H;2-7H2,1H3,(H,9,10). The van der Waals surface area contributed by atoms with E-state index in [2.05, 4.69) is 11.9 Å². The highest BCUT2D eigenvalue weighted by Gasteiger charge is 2.05. The van der Waals surface area contributed by atoms with Crippen molar-refractivity contribution in [3.63, 3.8) is 0 Å². The molecule has 0 saturated carbocycles. The number of carbonyl (C=O) groups is 1. The largest absolute Gasteiger partial charge is 0.504 e. The molecule has 0 unspecified atom stereocenters. The lowest BCUT2D eigenvalue weighted by Gasteiger charge is -1.95. The van der Waals surface area contributed by atoms with Crippen LogP contribution in [0.25, 0.3) is 10.9 Å². The summed E-state index contributed by atoms with van der Waals surface area (Å²) in [4.78, 5) is 12.9. The molecule has 0 amide bonds. The number of carboxylic acids is 1. The summed E-state index contributed by atoms with van der Waals surface area (Å²) in [7, 11) is 0. The summed E-state index contributed by atoms with van der Waals surface area (Å²) in [6.45, 7) is 2.15. The number of hydrogen-bond acceptors (Lipinski definition) is 2. The number of aromatic hydroxyl groups is 1. The van der Waals surface area contributed by atoms with Crippen LogP contribution in [0.5, 0.6) is 5.75 Å². The van der Waals surface area contributed by atoms with Crippen LogP contribution in [0.4, 0.5) is 0 Å². The zero-order valence-electron chi connectivity index (χ0n) is 12.2. The van der Waals surface area contributed by atoms with Gasteiger partial charge in [-0.1, -0.05) is 56.3 Å². The van der Waals surface area contributed by atoms with Crippen LogP contribution in [-0.4, -0.2) is 21.2 Å². The average Bonchev–Trinajstić information content (AvgIpc) is 2.75. The molecule has 1 heterocycles. The van der Waals surface area contributed by atoms with Crippen molar-refractivity contribution >= 4 is 28.5 Å². The molecule has 116 valence electrons. The molecule has 0 spiro atoms. The minimum absolute atomic E-state index is 0.127. The maximum absolute atomic E-state index is 10.0. The first-order chi connectivity index (χ1) is 10.1. The van der Waals surface area contributed by atoms with Crippen LogP contribution >= 0.6 is 11.6 Å². The highest BCUT2D eigenvalue weighted by atomic mass is 35.5. The van der Waals surface area contributed by atoms with Gasteiger partial charge in [0.1, 0.15) is 5.15 Å². The van der Waals surface area contributed by atoms with Crippen molar-refractivity contribution in [2.24, 2.45) is 0 Å². The minimum atomic E-state index is -0.670. The van der Waals surface area contributed by atoms with Crippen molar-refractivity contribution in [3.8, 4) is 5.75 Å². The first-order valence-corrected chi connectivity index (χ1v) is 7.61. The minimum Gasteiger partial charge on any atom is -0.504 e. The number of para-hydroxylation sites is 1. The zero-order chi connectivity index (χ0) is 15.7. The van der Waals surface area contributed by atoms with Crippen molar-refractivity contribution in [1.29, 1.82) is 0 Å². The number of fused-ring (bicyclic) bond motifs is 1. The van der Waals surface area contributed by atoms with Crippen LogP contribution in [0.15, 0.2) is 24.3 Å². The smallest absolute Gasteiger partial charge is 0.303 e. The molecule has 1 aromatic heterocycles. The summed E-state index contributed by atoms with van der Waals surface area (Å²) in [6.07, 6.45) is 5.88. The second-order valence-electron chi connectivity index (χ2n) is 4.89. The van der Waals surface area contributed by atoms with Gasteiger partial charge in [-0.2, -0.15) is 0 Å². The van der Waals surface area contributed by atoms with Gasteiger partial charge in [-0.25, -0.2) is 0 Å². The predicted octanol–water partition coefficient (Wildman–Crippen LogP) is 4.96. The quantitative estimate of drug-likeness (QED) is 0.660. The molecule has 0 radical (unpaired) electrons. The first kappa shape index (κ1) is 17.4. The van der Waals surface area contributed by atoms with E-state index in [0.29, 0.717) is 11.6 Å². The molecule has 0 fully saturated rings. The Balaban J connectivity index is 0.000000212. The zero-order valence-corrected chi connectivity index (χ0v) is 13.0. The van der Waals surface area contributed by atoms with Crippen molar-refractivity contribution in [1.82, 2.24) is 4.98 Å². The molecule has 5 heteroatoms. The molecule has 0 bridgehead atoms. The van der Waals surface area contributed by atoms with E-state index in [1.165, 1.54) is 19.3 Å². The van der Waals surface area contributed by atoms with Crippen molar-refractivity contribution in [3.05, 3.63) is 29.4 Å².